The predicted molar refractivity (Wildman–Crippen MR) is 101 cm³/mol. The molecule has 0 bridgehead atoms. The average molecular weight is 332 g/mol. The van der Waals surface area contributed by atoms with Crippen LogP contribution in [0.4, 0.5) is 0 Å². The fourth-order valence-electron chi connectivity index (χ4n) is 2.76. The molecule has 1 aromatic heterocycles. The van der Waals surface area contributed by atoms with E-state index in [1.165, 1.54) is 4.70 Å². The number of rotatable bonds is 4. The van der Waals surface area contributed by atoms with Gasteiger partial charge in [0.2, 0.25) is 0 Å². The van der Waals surface area contributed by atoms with Gasteiger partial charge in [-0.2, -0.15) is 0 Å². The molecule has 0 fully saturated rings. The molecule has 24 heavy (non-hydrogen) atoms. The minimum Gasteiger partial charge on any atom is -0.507 e. The van der Waals surface area contributed by atoms with E-state index < -0.39 is 0 Å². The van der Waals surface area contributed by atoms with Gasteiger partial charge < -0.3 is 5.11 Å². The molecule has 3 aromatic carbocycles. The van der Waals surface area contributed by atoms with Gasteiger partial charge in [0.15, 0.2) is 0 Å². The van der Waals surface area contributed by atoms with E-state index in [-0.39, 0.29) is 5.75 Å². The minimum atomic E-state index is 0.262. The summed E-state index contributed by atoms with van der Waals surface area (Å²) in [5, 5.41) is 13.3. The van der Waals surface area contributed by atoms with Crippen molar-refractivity contribution >= 4 is 38.5 Å². The van der Waals surface area contributed by atoms with Crippen molar-refractivity contribution in [3.63, 3.8) is 0 Å². The molecule has 1 N–H and O–H groups in total. The van der Waals surface area contributed by atoms with Gasteiger partial charge in [-0.1, -0.05) is 42.5 Å². The highest BCUT2D eigenvalue weighted by molar-refractivity contribution is 7.18. The van der Waals surface area contributed by atoms with E-state index in [1.54, 1.807) is 23.6 Å². The van der Waals surface area contributed by atoms with E-state index in [1.807, 2.05) is 48.5 Å². The normalized spacial score (nSPS) is 11.7. The first kappa shape index (κ1) is 14.8. The molecule has 0 aliphatic rings. The molecule has 0 aliphatic heterocycles. The van der Waals surface area contributed by atoms with Gasteiger partial charge in [-0.15, -0.1) is 11.3 Å². The van der Waals surface area contributed by atoms with Crippen molar-refractivity contribution in [2.45, 2.75) is 6.42 Å². The maximum Gasteiger partial charge on any atom is 0.124 e. The van der Waals surface area contributed by atoms with Crippen molar-refractivity contribution < 1.29 is 5.11 Å². The monoisotopic (exact) mass is 332 g/mol. The topological polar surface area (TPSA) is 45.5 Å². The molecule has 0 saturated heterocycles. The Balaban J connectivity index is 1.52. The van der Waals surface area contributed by atoms with E-state index in [0.29, 0.717) is 6.54 Å². The average Bonchev–Trinajstić information content (AvgIpc) is 3.03. The van der Waals surface area contributed by atoms with Crippen LogP contribution in [0.25, 0.3) is 21.0 Å². The van der Waals surface area contributed by atoms with Crippen molar-refractivity contribution in [3.05, 3.63) is 71.2 Å². The Kier molecular flexibility index (Phi) is 3.97. The summed E-state index contributed by atoms with van der Waals surface area (Å²) in [4.78, 5) is 9.12. The third-order valence-corrected chi connectivity index (χ3v) is 5.06. The quantitative estimate of drug-likeness (QED) is 0.545. The maximum atomic E-state index is 10.1. The van der Waals surface area contributed by atoms with Gasteiger partial charge in [-0.3, -0.25) is 4.99 Å². The van der Waals surface area contributed by atoms with E-state index >= 15 is 0 Å². The number of phenols is 1. The molecule has 1 heterocycles. The van der Waals surface area contributed by atoms with Crippen LogP contribution in [0, 0.1) is 0 Å². The van der Waals surface area contributed by atoms with Crippen molar-refractivity contribution in [2.24, 2.45) is 4.99 Å². The molecular formula is C20H16N2OS. The van der Waals surface area contributed by atoms with Crippen LogP contribution in [-0.4, -0.2) is 22.8 Å². The number of hydrogen-bond acceptors (Lipinski definition) is 4. The number of phenolic OH excluding ortho intramolecular Hbond substituents is 1. The van der Waals surface area contributed by atoms with Crippen molar-refractivity contribution in [2.75, 3.05) is 6.54 Å². The molecule has 0 spiro atoms. The number of aromatic hydroxyl groups is 1. The minimum absolute atomic E-state index is 0.262. The second-order valence-corrected chi connectivity index (χ2v) is 6.70. The molecule has 0 aliphatic carbocycles. The van der Waals surface area contributed by atoms with Crippen molar-refractivity contribution in [1.29, 1.82) is 0 Å². The molecule has 4 aromatic rings. The van der Waals surface area contributed by atoms with E-state index in [0.717, 1.165) is 33.3 Å². The van der Waals surface area contributed by atoms with Gasteiger partial charge in [0.05, 0.1) is 15.2 Å². The van der Waals surface area contributed by atoms with Crippen LogP contribution in [0.2, 0.25) is 0 Å². The Morgan fingerprint density at radius 1 is 1.00 bits per heavy atom. The molecule has 0 unspecified atom stereocenters. The summed E-state index contributed by atoms with van der Waals surface area (Å²) in [6.45, 7) is 0.655. The van der Waals surface area contributed by atoms with Gasteiger partial charge in [0, 0.05) is 24.7 Å². The first-order chi connectivity index (χ1) is 11.8. The Morgan fingerprint density at radius 3 is 2.75 bits per heavy atom. The second kappa shape index (κ2) is 6.42. The first-order valence-electron chi connectivity index (χ1n) is 7.86. The van der Waals surface area contributed by atoms with Crippen LogP contribution in [0.1, 0.15) is 10.6 Å². The van der Waals surface area contributed by atoms with E-state index in [9.17, 15) is 5.11 Å². The van der Waals surface area contributed by atoms with Gasteiger partial charge in [-0.05, 0) is 29.0 Å². The fraction of sp³-hybridized carbons (Fsp3) is 0.100. The molecule has 0 atom stereocenters. The van der Waals surface area contributed by atoms with Gasteiger partial charge >= 0.3 is 0 Å². The van der Waals surface area contributed by atoms with Crippen LogP contribution >= 0.6 is 11.3 Å². The summed E-state index contributed by atoms with van der Waals surface area (Å²) in [6, 6.07) is 19.8. The molecule has 3 nitrogen and oxygen atoms in total. The van der Waals surface area contributed by atoms with Gasteiger partial charge in [0.25, 0.3) is 0 Å². The summed E-state index contributed by atoms with van der Waals surface area (Å²) in [6.07, 6.45) is 2.58. The van der Waals surface area contributed by atoms with Crippen LogP contribution in [0.5, 0.6) is 5.75 Å². The number of hydrogen-bond donors (Lipinski definition) is 1. The first-order valence-corrected chi connectivity index (χ1v) is 8.68. The standard InChI is InChI=1S/C20H16N2OS/c23-18-10-9-14-5-1-2-6-15(14)16(18)13-21-12-11-20-22-17-7-3-4-8-19(17)24-20/h1-10,13,23H,11-12H2. The Labute approximate surface area is 143 Å². The van der Waals surface area contributed by atoms with Gasteiger partial charge in [0.1, 0.15) is 5.75 Å². The van der Waals surface area contributed by atoms with Crippen LogP contribution < -0.4 is 0 Å². The number of aromatic nitrogens is 1. The lowest BCUT2D eigenvalue weighted by atomic mass is 10.0. The number of para-hydroxylation sites is 1. The van der Waals surface area contributed by atoms with Crippen LogP contribution in [0.3, 0.4) is 0 Å². The molecule has 0 saturated carbocycles. The third kappa shape index (κ3) is 2.88. The second-order valence-electron chi connectivity index (χ2n) is 5.58. The lowest BCUT2D eigenvalue weighted by Crippen LogP contribution is -1.91. The molecule has 4 rings (SSSR count). The molecule has 118 valence electrons. The highest BCUT2D eigenvalue weighted by Crippen LogP contribution is 2.25. The summed E-state index contributed by atoms with van der Waals surface area (Å²) >= 11 is 1.71. The number of thiazole rings is 1. The summed E-state index contributed by atoms with van der Waals surface area (Å²) in [5.41, 5.74) is 1.82. The van der Waals surface area contributed by atoms with E-state index in [2.05, 4.69) is 16.0 Å². The SMILES string of the molecule is Oc1ccc2ccccc2c1C=NCCc1nc2ccccc2s1. The third-order valence-electron chi connectivity index (χ3n) is 3.96. The summed E-state index contributed by atoms with van der Waals surface area (Å²) in [7, 11) is 0. The number of fused-ring (bicyclic) bond motifs is 2. The summed E-state index contributed by atoms with van der Waals surface area (Å²) in [5.74, 6) is 0.262. The molecule has 0 amide bonds. The van der Waals surface area contributed by atoms with E-state index in [4.69, 9.17) is 0 Å². The fourth-order valence-corrected chi connectivity index (χ4v) is 3.72. The maximum absolute atomic E-state index is 10.1. The Morgan fingerprint density at radius 2 is 1.83 bits per heavy atom. The lowest BCUT2D eigenvalue weighted by molar-refractivity contribution is 0.475. The summed E-state index contributed by atoms with van der Waals surface area (Å²) < 4.78 is 1.21. The zero-order chi connectivity index (χ0) is 16.4. The predicted octanol–water partition coefficient (Wildman–Crippen LogP) is 4.82. The highest BCUT2D eigenvalue weighted by atomic mass is 32.1. The zero-order valence-electron chi connectivity index (χ0n) is 13.0. The number of aliphatic imine (C=N–C) groups is 1. The Bertz CT molecular complexity index is 1000. The van der Waals surface area contributed by atoms with Crippen LogP contribution in [-0.2, 0) is 6.42 Å². The molecule has 4 heteroatoms. The molecule has 0 radical (unpaired) electrons. The number of benzene rings is 3. The van der Waals surface area contributed by atoms with Crippen molar-refractivity contribution in [1.82, 2.24) is 4.98 Å². The zero-order valence-corrected chi connectivity index (χ0v) is 13.8. The van der Waals surface area contributed by atoms with Crippen LogP contribution in [0.15, 0.2) is 65.7 Å². The Hall–Kier alpha value is -2.72. The largest absolute Gasteiger partial charge is 0.507 e. The number of nitrogens with zero attached hydrogens (tertiary/aromatic N) is 2. The molecular weight excluding hydrogens is 316 g/mol. The lowest BCUT2D eigenvalue weighted by Gasteiger charge is -2.04. The highest BCUT2D eigenvalue weighted by Gasteiger charge is 2.05. The smallest absolute Gasteiger partial charge is 0.124 e. The van der Waals surface area contributed by atoms with Gasteiger partial charge in [-0.25, -0.2) is 4.98 Å². The van der Waals surface area contributed by atoms with Crippen molar-refractivity contribution in [3.8, 4) is 5.75 Å².